The van der Waals surface area contributed by atoms with E-state index in [1.54, 1.807) is 32.2 Å². The fourth-order valence-electron chi connectivity index (χ4n) is 3.78. The Bertz CT molecular complexity index is 1310. The number of allylic oxidation sites excluding steroid dienone is 2. The maximum absolute atomic E-state index is 12.9. The fraction of sp³-hybridized carbons (Fsp3) is 0.222. The van der Waals surface area contributed by atoms with Crippen molar-refractivity contribution in [1.82, 2.24) is 9.78 Å². The van der Waals surface area contributed by atoms with Crippen molar-refractivity contribution < 1.29 is 38.4 Å². The van der Waals surface area contributed by atoms with Gasteiger partial charge in [-0.1, -0.05) is 18.2 Å². The van der Waals surface area contributed by atoms with Crippen LogP contribution in [0.3, 0.4) is 0 Å². The van der Waals surface area contributed by atoms with Gasteiger partial charge >= 0.3 is 11.9 Å². The molecule has 194 valence electrons. The van der Waals surface area contributed by atoms with Crippen LogP contribution >= 0.6 is 0 Å². The average Bonchev–Trinajstić information content (AvgIpc) is 3.43. The summed E-state index contributed by atoms with van der Waals surface area (Å²) < 4.78 is 30.4. The number of nitrogens with zero attached hydrogens (tertiary/aromatic N) is 2. The van der Waals surface area contributed by atoms with Gasteiger partial charge in [0.2, 0.25) is 5.75 Å². The lowest BCUT2D eigenvalue weighted by molar-refractivity contribution is -0.145. The van der Waals surface area contributed by atoms with Gasteiger partial charge in [0, 0.05) is 30.1 Å². The molecule has 1 aliphatic carbocycles. The quantitative estimate of drug-likeness (QED) is 0.473. The zero-order valence-corrected chi connectivity index (χ0v) is 20.8. The van der Waals surface area contributed by atoms with Gasteiger partial charge in [0.15, 0.2) is 11.5 Å². The number of benzene rings is 2. The number of hydrogen-bond acceptors (Lipinski definition) is 6. The maximum atomic E-state index is 12.9. The molecule has 9 nitrogen and oxygen atoms in total. The Morgan fingerprint density at radius 3 is 2.11 bits per heavy atom. The van der Waals surface area contributed by atoms with E-state index in [-0.39, 0.29) is 12.0 Å². The van der Waals surface area contributed by atoms with E-state index in [9.17, 15) is 19.1 Å². The molecule has 4 rings (SSSR count). The lowest BCUT2D eigenvalue weighted by atomic mass is 9.76. The molecule has 0 fully saturated rings. The lowest BCUT2D eigenvalue weighted by Crippen LogP contribution is -2.29. The SMILES string of the molecule is CC1(C(=O)O)C=C(c2ccc(F)cc2)C=C(C(=O)O)C1.COc1cc(-n2cccn2)cc(OC)c1OC. The standard InChI is InChI=1S/C15H13FO4.C12H14N2O3/c1-15(14(19)20)7-10(6-11(8-15)13(17)18)9-2-4-12(16)5-3-9;1-15-10-7-9(14-6-4-5-13-14)8-11(16-2)12(10)17-3/h2-7H,8H2,1H3,(H,17,18)(H,19,20);4-8H,1-3H3. The highest BCUT2D eigenvalue weighted by Gasteiger charge is 2.36. The van der Waals surface area contributed by atoms with E-state index in [1.807, 2.05) is 24.4 Å². The number of methoxy groups -OCH3 is 3. The van der Waals surface area contributed by atoms with Gasteiger partial charge in [0.1, 0.15) is 5.82 Å². The van der Waals surface area contributed by atoms with Crippen LogP contribution in [0.4, 0.5) is 4.39 Å². The van der Waals surface area contributed by atoms with Crippen molar-refractivity contribution >= 4 is 17.5 Å². The Labute approximate surface area is 213 Å². The third-order valence-electron chi connectivity index (χ3n) is 5.72. The molecule has 0 saturated heterocycles. The Morgan fingerprint density at radius 1 is 1.03 bits per heavy atom. The number of hydrogen-bond donors (Lipinski definition) is 2. The first-order chi connectivity index (χ1) is 17.6. The summed E-state index contributed by atoms with van der Waals surface area (Å²) in [6.45, 7) is 1.47. The molecule has 0 radical (unpaired) electrons. The highest BCUT2D eigenvalue weighted by atomic mass is 19.1. The second kappa shape index (κ2) is 11.4. The van der Waals surface area contributed by atoms with E-state index < -0.39 is 23.2 Å². The van der Waals surface area contributed by atoms with Crippen molar-refractivity contribution in [3.63, 3.8) is 0 Å². The summed E-state index contributed by atoms with van der Waals surface area (Å²) >= 11 is 0. The van der Waals surface area contributed by atoms with Crippen LogP contribution < -0.4 is 14.2 Å². The van der Waals surface area contributed by atoms with Crippen LogP contribution in [0.25, 0.3) is 11.3 Å². The smallest absolute Gasteiger partial charge is 0.331 e. The molecule has 1 heterocycles. The second-order valence-electron chi connectivity index (χ2n) is 8.31. The van der Waals surface area contributed by atoms with E-state index in [2.05, 4.69) is 5.10 Å². The molecule has 0 spiro atoms. The Morgan fingerprint density at radius 2 is 1.65 bits per heavy atom. The van der Waals surface area contributed by atoms with E-state index in [0.29, 0.717) is 28.4 Å². The van der Waals surface area contributed by atoms with Gasteiger partial charge in [-0.3, -0.25) is 4.79 Å². The fourth-order valence-corrected chi connectivity index (χ4v) is 3.78. The van der Waals surface area contributed by atoms with Gasteiger partial charge in [0.25, 0.3) is 0 Å². The molecule has 2 N–H and O–H groups in total. The van der Waals surface area contributed by atoms with Gasteiger partial charge in [-0.05, 0) is 48.8 Å². The first-order valence-electron chi connectivity index (χ1n) is 11.1. The summed E-state index contributed by atoms with van der Waals surface area (Å²) in [4.78, 5) is 22.5. The van der Waals surface area contributed by atoms with Crippen LogP contribution in [-0.4, -0.2) is 53.3 Å². The van der Waals surface area contributed by atoms with Crippen LogP contribution in [0.5, 0.6) is 17.2 Å². The number of aliphatic carboxylic acids is 2. The largest absolute Gasteiger partial charge is 0.493 e. The number of aromatic nitrogens is 2. The minimum Gasteiger partial charge on any atom is -0.493 e. The second-order valence-corrected chi connectivity index (χ2v) is 8.31. The maximum Gasteiger partial charge on any atom is 0.331 e. The predicted octanol–water partition coefficient (Wildman–Crippen LogP) is 4.61. The molecular formula is C27H27FN2O7. The van der Waals surface area contributed by atoms with Crippen molar-refractivity contribution in [1.29, 1.82) is 0 Å². The lowest BCUT2D eigenvalue weighted by Gasteiger charge is -2.26. The Balaban J connectivity index is 0.000000208. The van der Waals surface area contributed by atoms with E-state index >= 15 is 0 Å². The van der Waals surface area contributed by atoms with Gasteiger partial charge in [-0.2, -0.15) is 5.10 Å². The number of ether oxygens (including phenoxy) is 3. The molecule has 0 saturated carbocycles. The zero-order chi connectivity index (χ0) is 27.2. The monoisotopic (exact) mass is 510 g/mol. The topological polar surface area (TPSA) is 120 Å². The van der Waals surface area contributed by atoms with Crippen LogP contribution in [0.1, 0.15) is 18.9 Å². The van der Waals surface area contributed by atoms with Crippen molar-refractivity contribution in [3.8, 4) is 22.9 Å². The summed E-state index contributed by atoms with van der Waals surface area (Å²) in [5.41, 5.74) is 0.642. The molecule has 3 aromatic rings. The highest BCUT2D eigenvalue weighted by molar-refractivity contribution is 5.96. The van der Waals surface area contributed by atoms with Crippen molar-refractivity contribution in [2.24, 2.45) is 5.41 Å². The Hall–Kier alpha value is -4.60. The number of carboxylic acid groups (broad SMARTS) is 2. The van der Waals surface area contributed by atoms with Gasteiger partial charge in [-0.15, -0.1) is 0 Å². The van der Waals surface area contributed by atoms with Crippen LogP contribution in [0, 0.1) is 11.2 Å². The minimum absolute atomic E-state index is 0.0247. The van der Waals surface area contributed by atoms with E-state index in [4.69, 9.17) is 19.3 Å². The first-order valence-corrected chi connectivity index (χ1v) is 11.1. The molecule has 1 aromatic heterocycles. The number of halogens is 1. The highest BCUT2D eigenvalue weighted by Crippen LogP contribution is 2.39. The van der Waals surface area contributed by atoms with Crippen LogP contribution in [-0.2, 0) is 9.59 Å². The molecule has 0 aliphatic heterocycles. The molecule has 0 bridgehead atoms. The normalized spacial score (nSPS) is 16.5. The number of carboxylic acids is 2. The van der Waals surface area contributed by atoms with Crippen LogP contribution in [0.15, 0.2) is 72.6 Å². The average molecular weight is 511 g/mol. The van der Waals surface area contributed by atoms with Crippen molar-refractivity contribution in [2.45, 2.75) is 13.3 Å². The van der Waals surface area contributed by atoms with Crippen LogP contribution in [0.2, 0.25) is 0 Å². The molecule has 2 aromatic carbocycles. The van der Waals surface area contributed by atoms with Gasteiger partial charge in [-0.25, -0.2) is 13.9 Å². The number of carbonyl (C=O) groups is 2. The third-order valence-corrected chi connectivity index (χ3v) is 5.72. The summed E-state index contributed by atoms with van der Waals surface area (Å²) in [6, 6.07) is 11.0. The molecule has 1 atom stereocenters. The minimum atomic E-state index is -1.29. The molecule has 1 aliphatic rings. The van der Waals surface area contributed by atoms with Crippen molar-refractivity contribution in [3.05, 3.63) is 84.0 Å². The van der Waals surface area contributed by atoms with E-state index in [1.165, 1.54) is 43.3 Å². The third kappa shape index (κ3) is 6.16. The molecule has 0 amide bonds. The Kier molecular flexibility index (Phi) is 8.33. The number of rotatable bonds is 7. The first kappa shape index (κ1) is 27.0. The summed E-state index contributed by atoms with van der Waals surface area (Å²) in [7, 11) is 4.75. The molecule has 1 unspecified atom stereocenters. The summed E-state index contributed by atoms with van der Waals surface area (Å²) in [5, 5.41) is 22.6. The van der Waals surface area contributed by atoms with Gasteiger partial charge < -0.3 is 24.4 Å². The van der Waals surface area contributed by atoms with Gasteiger partial charge in [0.05, 0.1) is 32.4 Å². The predicted molar refractivity (Wildman–Crippen MR) is 134 cm³/mol. The molecule has 37 heavy (non-hydrogen) atoms. The van der Waals surface area contributed by atoms with Crippen molar-refractivity contribution in [2.75, 3.05) is 21.3 Å². The summed E-state index contributed by atoms with van der Waals surface area (Å²) in [5.74, 6) is -0.858. The molecular weight excluding hydrogens is 483 g/mol. The zero-order valence-electron chi connectivity index (χ0n) is 20.8. The molecule has 10 heteroatoms. The van der Waals surface area contributed by atoms with E-state index in [0.717, 1.165) is 5.69 Å². The summed E-state index contributed by atoms with van der Waals surface area (Å²) in [6.07, 6.45) is 6.42.